The van der Waals surface area contributed by atoms with Gasteiger partial charge in [0.1, 0.15) is 0 Å². The van der Waals surface area contributed by atoms with Gasteiger partial charge in [-0.2, -0.15) is 0 Å². The van der Waals surface area contributed by atoms with Crippen molar-refractivity contribution in [3.8, 4) is 0 Å². The molecule has 0 saturated heterocycles. The van der Waals surface area contributed by atoms with Crippen molar-refractivity contribution in [1.82, 2.24) is 14.9 Å². The first-order chi connectivity index (χ1) is 6.59. The number of hydrogen-bond acceptors (Lipinski definition) is 6. The maximum absolute atomic E-state index is 11.2. The topological polar surface area (TPSA) is 81.2 Å². The van der Waals surface area contributed by atoms with Crippen LogP contribution in [0.1, 0.15) is 24.3 Å². The number of nitrogens with one attached hydrogen (secondary N) is 1. The zero-order chi connectivity index (χ0) is 10.6. The molecule has 1 N–H and O–H groups in total. The summed E-state index contributed by atoms with van der Waals surface area (Å²) in [7, 11) is 0. The van der Waals surface area contributed by atoms with Gasteiger partial charge in [-0.3, -0.25) is 10.1 Å². The summed E-state index contributed by atoms with van der Waals surface area (Å²) in [6, 6.07) is 0. The highest BCUT2D eigenvalue weighted by molar-refractivity contribution is 7.03. The van der Waals surface area contributed by atoms with Gasteiger partial charge in [0.2, 0.25) is 0 Å². The maximum atomic E-state index is 11.2. The van der Waals surface area contributed by atoms with Crippen molar-refractivity contribution in [1.29, 1.82) is 0 Å². The molecule has 0 fully saturated rings. The fourth-order valence-corrected chi connectivity index (χ4v) is 1.10. The maximum Gasteiger partial charge on any atom is 0.414 e. The van der Waals surface area contributed by atoms with Gasteiger partial charge in [0.15, 0.2) is 5.69 Å². The van der Waals surface area contributed by atoms with Crippen molar-refractivity contribution in [2.24, 2.45) is 0 Å². The molecule has 76 valence electrons. The molecule has 0 saturated carbocycles. The smallest absolute Gasteiger partial charge is 0.414 e. The third-order valence-corrected chi connectivity index (χ3v) is 1.66. The first-order valence-corrected chi connectivity index (χ1v) is 4.72. The number of carbonyl (C=O) groups is 2. The molecule has 0 aliphatic heterocycles. The molecule has 0 bridgehead atoms. The lowest BCUT2D eigenvalue weighted by Crippen LogP contribution is -2.32. The van der Waals surface area contributed by atoms with Crippen molar-refractivity contribution >= 4 is 23.5 Å². The Labute approximate surface area is 84.4 Å². The second kappa shape index (κ2) is 4.66. The van der Waals surface area contributed by atoms with Crippen LogP contribution >= 0.6 is 11.5 Å². The lowest BCUT2D eigenvalue weighted by molar-refractivity contribution is 0.0872. The van der Waals surface area contributed by atoms with Gasteiger partial charge in [0.05, 0.1) is 6.10 Å². The average molecular weight is 215 g/mol. The van der Waals surface area contributed by atoms with Crippen LogP contribution in [0.5, 0.6) is 0 Å². The monoisotopic (exact) mass is 215 g/mol. The van der Waals surface area contributed by atoms with Crippen LogP contribution in [0.2, 0.25) is 0 Å². The van der Waals surface area contributed by atoms with E-state index in [0.29, 0.717) is 0 Å². The van der Waals surface area contributed by atoms with Crippen LogP contribution in [0.15, 0.2) is 5.38 Å². The first-order valence-electron chi connectivity index (χ1n) is 3.88. The molecule has 14 heavy (non-hydrogen) atoms. The normalized spacial score (nSPS) is 9.93. The standard InChI is InChI=1S/C7H9N3O3S/c1-4(2)13-7(12)8-6(11)5-3-14-10-9-5/h3-4H,1-2H3,(H,8,11,12). The minimum absolute atomic E-state index is 0.107. The highest BCUT2D eigenvalue weighted by Crippen LogP contribution is 1.97. The number of rotatable bonds is 2. The summed E-state index contributed by atoms with van der Waals surface area (Å²) in [5.74, 6) is -0.607. The Hall–Kier alpha value is -1.50. The lowest BCUT2D eigenvalue weighted by atomic mass is 10.5. The van der Waals surface area contributed by atoms with Gasteiger partial charge in [-0.05, 0) is 25.4 Å². The molecule has 2 amide bonds. The highest BCUT2D eigenvalue weighted by atomic mass is 32.1. The van der Waals surface area contributed by atoms with E-state index in [9.17, 15) is 9.59 Å². The number of ether oxygens (including phenoxy) is 1. The predicted molar refractivity (Wildman–Crippen MR) is 49.0 cm³/mol. The second-order valence-corrected chi connectivity index (χ2v) is 3.31. The molecule has 7 heteroatoms. The molecular formula is C7H9N3O3S. The molecule has 1 aromatic heterocycles. The van der Waals surface area contributed by atoms with E-state index in [-0.39, 0.29) is 11.8 Å². The molecule has 6 nitrogen and oxygen atoms in total. The predicted octanol–water partition coefficient (Wildman–Crippen LogP) is 0.813. The minimum Gasteiger partial charge on any atom is -0.447 e. The van der Waals surface area contributed by atoms with Crippen molar-refractivity contribution in [3.63, 3.8) is 0 Å². The molecule has 0 radical (unpaired) electrons. The number of amides is 2. The largest absolute Gasteiger partial charge is 0.447 e. The Balaban J connectivity index is 2.46. The van der Waals surface area contributed by atoms with Gasteiger partial charge in [-0.1, -0.05) is 4.49 Å². The average Bonchev–Trinajstić information content (AvgIpc) is 2.53. The Morgan fingerprint density at radius 1 is 1.57 bits per heavy atom. The van der Waals surface area contributed by atoms with E-state index in [2.05, 4.69) is 9.59 Å². The summed E-state index contributed by atoms with van der Waals surface area (Å²) >= 11 is 1.03. The number of aromatic nitrogens is 2. The Bertz CT molecular complexity index is 323. The van der Waals surface area contributed by atoms with Gasteiger partial charge in [-0.25, -0.2) is 4.79 Å². The Morgan fingerprint density at radius 3 is 2.79 bits per heavy atom. The second-order valence-electron chi connectivity index (χ2n) is 2.70. The van der Waals surface area contributed by atoms with E-state index in [1.807, 2.05) is 5.32 Å². The van der Waals surface area contributed by atoms with Gasteiger partial charge < -0.3 is 4.74 Å². The van der Waals surface area contributed by atoms with E-state index in [1.54, 1.807) is 13.8 Å². The van der Waals surface area contributed by atoms with Gasteiger partial charge in [-0.15, -0.1) is 5.10 Å². The van der Waals surface area contributed by atoms with Crippen LogP contribution in [-0.2, 0) is 4.74 Å². The zero-order valence-electron chi connectivity index (χ0n) is 7.68. The Kier molecular flexibility index (Phi) is 3.52. The van der Waals surface area contributed by atoms with E-state index < -0.39 is 12.0 Å². The van der Waals surface area contributed by atoms with Crippen LogP contribution in [0.3, 0.4) is 0 Å². The molecule has 0 aliphatic rings. The van der Waals surface area contributed by atoms with Crippen LogP contribution < -0.4 is 5.32 Å². The zero-order valence-corrected chi connectivity index (χ0v) is 8.50. The summed E-state index contributed by atoms with van der Waals surface area (Å²) < 4.78 is 8.19. The van der Waals surface area contributed by atoms with E-state index in [0.717, 1.165) is 11.5 Å². The van der Waals surface area contributed by atoms with Gasteiger partial charge in [0, 0.05) is 5.38 Å². The summed E-state index contributed by atoms with van der Waals surface area (Å²) in [5, 5.41) is 6.96. The molecule has 0 aromatic carbocycles. The minimum atomic E-state index is -0.780. The summed E-state index contributed by atoms with van der Waals surface area (Å²) in [4.78, 5) is 22.2. The van der Waals surface area contributed by atoms with Gasteiger partial charge in [0.25, 0.3) is 5.91 Å². The molecule has 0 unspecified atom stereocenters. The Morgan fingerprint density at radius 2 is 2.29 bits per heavy atom. The quantitative estimate of drug-likeness (QED) is 0.789. The van der Waals surface area contributed by atoms with Crippen molar-refractivity contribution in [2.75, 3.05) is 0 Å². The summed E-state index contributed by atoms with van der Waals surface area (Å²) in [6.07, 6.45) is -1.05. The van der Waals surface area contributed by atoms with Gasteiger partial charge >= 0.3 is 6.09 Å². The molecule has 0 aliphatic carbocycles. The summed E-state index contributed by atoms with van der Waals surface area (Å²) in [6.45, 7) is 3.38. The molecule has 1 aromatic rings. The molecule has 1 heterocycles. The van der Waals surface area contributed by atoms with Crippen LogP contribution in [0.25, 0.3) is 0 Å². The highest BCUT2D eigenvalue weighted by Gasteiger charge is 2.14. The summed E-state index contributed by atoms with van der Waals surface area (Å²) in [5.41, 5.74) is 0.107. The number of imide groups is 1. The number of carbonyl (C=O) groups excluding carboxylic acids is 2. The van der Waals surface area contributed by atoms with E-state index in [1.165, 1.54) is 5.38 Å². The molecular weight excluding hydrogens is 206 g/mol. The lowest BCUT2D eigenvalue weighted by Gasteiger charge is -2.06. The fourth-order valence-electron chi connectivity index (χ4n) is 0.664. The van der Waals surface area contributed by atoms with E-state index in [4.69, 9.17) is 4.74 Å². The third kappa shape index (κ3) is 3.09. The van der Waals surface area contributed by atoms with Crippen molar-refractivity contribution in [2.45, 2.75) is 20.0 Å². The van der Waals surface area contributed by atoms with E-state index >= 15 is 0 Å². The van der Waals surface area contributed by atoms with Crippen molar-refractivity contribution in [3.05, 3.63) is 11.1 Å². The first kappa shape index (κ1) is 10.6. The number of nitrogens with zero attached hydrogens (tertiary/aromatic N) is 2. The van der Waals surface area contributed by atoms with Crippen LogP contribution in [0.4, 0.5) is 4.79 Å². The third-order valence-electron chi connectivity index (χ3n) is 1.15. The SMILES string of the molecule is CC(C)OC(=O)NC(=O)c1csnn1. The fraction of sp³-hybridized carbons (Fsp3) is 0.429. The molecule has 0 atom stereocenters. The van der Waals surface area contributed by atoms with Crippen LogP contribution in [-0.4, -0.2) is 27.7 Å². The van der Waals surface area contributed by atoms with Crippen molar-refractivity contribution < 1.29 is 14.3 Å². The number of alkyl carbamates (subject to hydrolysis) is 1. The van der Waals surface area contributed by atoms with Crippen LogP contribution in [0, 0.1) is 0 Å². The number of hydrogen-bond donors (Lipinski definition) is 1. The molecule has 0 spiro atoms. The molecule has 1 rings (SSSR count).